The number of thiophene rings is 1. The molecule has 0 spiro atoms. The molecular weight excluding hydrogens is 368 g/mol. The molecule has 7 rings (SSSR count). The van der Waals surface area contributed by atoms with E-state index >= 15 is 0 Å². The van der Waals surface area contributed by atoms with Gasteiger partial charge in [0.1, 0.15) is 22.8 Å². The van der Waals surface area contributed by atoms with E-state index in [-0.39, 0.29) is 0 Å². The zero-order valence-corrected chi connectivity index (χ0v) is 16.8. The van der Waals surface area contributed by atoms with Gasteiger partial charge >= 0.3 is 0 Å². The Morgan fingerprint density at radius 1 is 1.11 bits per heavy atom. The van der Waals surface area contributed by atoms with Crippen LogP contribution in [0.1, 0.15) is 38.5 Å². The molecule has 0 atom stereocenters. The summed E-state index contributed by atoms with van der Waals surface area (Å²) < 4.78 is 12.6. The third-order valence-corrected chi connectivity index (χ3v) is 8.00. The second-order valence-corrected chi connectivity index (χ2v) is 10.1. The minimum absolute atomic E-state index is 0.408. The molecular formula is C23H26N2O2S. The first-order valence-corrected chi connectivity index (χ1v) is 11.5. The van der Waals surface area contributed by atoms with Gasteiger partial charge in [-0.25, -0.2) is 0 Å². The first-order chi connectivity index (χ1) is 13.8. The van der Waals surface area contributed by atoms with Crippen LogP contribution in [-0.2, 0) is 0 Å². The van der Waals surface area contributed by atoms with Crippen LogP contribution >= 0.6 is 11.3 Å². The van der Waals surface area contributed by atoms with Crippen LogP contribution in [0.25, 0.3) is 21.5 Å². The Morgan fingerprint density at radius 3 is 2.68 bits per heavy atom. The SMILES string of the molecule is c1cc(OCCNC23CC4CC(CC(C4)C2)C3)cc(-c2noc3ccsc23)c1. The summed E-state index contributed by atoms with van der Waals surface area (Å²) in [7, 11) is 0. The van der Waals surface area contributed by atoms with E-state index in [1.165, 1.54) is 38.5 Å². The zero-order chi connectivity index (χ0) is 18.6. The minimum atomic E-state index is 0.408. The van der Waals surface area contributed by atoms with Gasteiger partial charge in [-0.05, 0) is 79.9 Å². The van der Waals surface area contributed by atoms with E-state index < -0.39 is 0 Å². The van der Waals surface area contributed by atoms with E-state index in [1.54, 1.807) is 11.3 Å². The highest BCUT2D eigenvalue weighted by Crippen LogP contribution is 2.55. The van der Waals surface area contributed by atoms with E-state index in [1.807, 2.05) is 23.6 Å². The van der Waals surface area contributed by atoms with Gasteiger partial charge in [-0.15, -0.1) is 11.3 Å². The molecule has 4 saturated carbocycles. The quantitative estimate of drug-likeness (QED) is 0.561. The predicted octanol–water partition coefficient (Wildman–Crippen LogP) is 5.49. The lowest BCUT2D eigenvalue weighted by atomic mass is 9.53. The lowest BCUT2D eigenvalue weighted by Gasteiger charge is -2.57. The molecule has 0 saturated heterocycles. The van der Waals surface area contributed by atoms with Crippen molar-refractivity contribution in [3.8, 4) is 17.0 Å². The summed E-state index contributed by atoms with van der Waals surface area (Å²) in [6, 6.07) is 10.2. The predicted molar refractivity (Wildman–Crippen MR) is 112 cm³/mol. The van der Waals surface area contributed by atoms with Gasteiger partial charge in [-0.1, -0.05) is 17.3 Å². The summed E-state index contributed by atoms with van der Waals surface area (Å²) in [5, 5.41) is 10.2. The number of benzene rings is 1. The average molecular weight is 395 g/mol. The van der Waals surface area contributed by atoms with Crippen LogP contribution in [0, 0.1) is 17.8 Å². The second-order valence-electron chi connectivity index (χ2n) is 9.15. The van der Waals surface area contributed by atoms with Crippen molar-refractivity contribution in [1.29, 1.82) is 0 Å². The number of aromatic nitrogens is 1. The maximum atomic E-state index is 6.08. The van der Waals surface area contributed by atoms with Crippen LogP contribution in [0.5, 0.6) is 5.75 Å². The molecule has 2 heterocycles. The van der Waals surface area contributed by atoms with Crippen LogP contribution in [0.4, 0.5) is 0 Å². The number of hydrogen-bond acceptors (Lipinski definition) is 5. The Kier molecular flexibility index (Phi) is 4.02. The van der Waals surface area contributed by atoms with Gasteiger partial charge in [0.2, 0.25) is 0 Å². The average Bonchev–Trinajstić information content (AvgIpc) is 3.28. The highest BCUT2D eigenvalue weighted by Gasteiger charge is 2.50. The largest absolute Gasteiger partial charge is 0.492 e. The first-order valence-electron chi connectivity index (χ1n) is 10.6. The molecule has 4 aliphatic carbocycles. The van der Waals surface area contributed by atoms with E-state index in [0.29, 0.717) is 12.1 Å². The lowest BCUT2D eigenvalue weighted by molar-refractivity contribution is -0.0207. The number of fused-ring (bicyclic) bond motifs is 1. The Bertz CT molecular complexity index is 956. The molecule has 0 aliphatic heterocycles. The molecule has 0 radical (unpaired) electrons. The second kappa shape index (κ2) is 6.60. The fourth-order valence-corrected chi connectivity index (χ4v) is 7.22. The Balaban J connectivity index is 1.09. The molecule has 1 aromatic carbocycles. The fourth-order valence-electron chi connectivity index (χ4n) is 6.41. The topological polar surface area (TPSA) is 47.3 Å². The maximum Gasteiger partial charge on any atom is 0.178 e. The molecule has 0 unspecified atom stereocenters. The van der Waals surface area contributed by atoms with Gasteiger partial charge < -0.3 is 14.6 Å². The van der Waals surface area contributed by atoms with Crippen LogP contribution < -0.4 is 10.1 Å². The summed E-state index contributed by atoms with van der Waals surface area (Å²) in [5.41, 5.74) is 3.21. The third kappa shape index (κ3) is 2.96. The molecule has 4 nitrogen and oxygen atoms in total. The van der Waals surface area contributed by atoms with Crippen LogP contribution in [0.3, 0.4) is 0 Å². The molecule has 146 valence electrons. The van der Waals surface area contributed by atoms with Gasteiger partial charge in [0, 0.05) is 17.6 Å². The molecule has 0 amide bonds. The van der Waals surface area contributed by atoms with Crippen molar-refractivity contribution >= 4 is 21.6 Å². The van der Waals surface area contributed by atoms with Crippen LogP contribution in [-0.4, -0.2) is 23.8 Å². The molecule has 2 aromatic heterocycles. The zero-order valence-electron chi connectivity index (χ0n) is 16.0. The summed E-state index contributed by atoms with van der Waals surface area (Å²) >= 11 is 1.66. The summed E-state index contributed by atoms with van der Waals surface area (Å²) in [6.07, 6.45) is 8.63. The number of ether oxygens (including phenoxy) is 1. The molecule has 4 bridgehead atoms. The standard InChI is InChI=1S/C23H26N2O2S/c1-2-18(21-22-20(27-25-21)4-7-28-22)11-19(3-1)26-6-5-24-23-12-15-8-16(13-23)10-17(9-15)14-23/h1-4,7,11,15-17,24H,5-6,8-10,12-14H2. The Hall–Kier alpha value is -1.85. The van der Waals surface area contributed by atoms with E-state index in [0.717, 1.165) is 51.6 Å². The number of nitrogens with zero attached hydrogens (tertiary/aromatic N) is 1. The van der Waals surface area contributed by atoms with Gasteiger partial charge in [-0.3, -0.25) is 0 Å². The van der Waals surface area contributed by atoms with Crippen molar-refractivity contribution < 1.29 is 9.26 Å². The van der Waals surface area contributed by atoms with Crippen molar-refractivity contribution in [3.05, 3.63) is 35.7 Å². The van der Waals surface area contributed by atoms with Crippen molar-refractivity contribution in [3.63, 3.8) is 0 Å². The maximum absolute atomic E-state index is 6.08. The van der Waals surface area contributed by atoms with Crippen molar-refractivity contribution in [2.24, 2.45) is 17.8 Å². The third-order valence-electron chi connectivity index (χ3n) is 7.10. The smallest absolute Gasteiger partial charge is 0.178 e. The Labute approximate surface area is 169 Å². The van der Waals surface area contributed by atoms with Crippen molar-refractivity contribution in [1.82, 2.24) is 10.5 Å². The summed E-state index contributed by atoms with van der Waals surface area (Å²) in [4.78, 5) is 0. The highest BCUT2D eigenvalue weighted by atomic mass is 32.1. The number of rotatable bonds is 6. The number of hydrogen-bond donors (Lipinski definition) is 1. The van der Waals surface area contributed by atoms with Gasteiger partial charge in [-0.2, -0.15) is 0 Å². The molecule has 5 heteroatoms. The van der Waals surface area contributed by atoms with Crippen molar-refractivity contribution in [2.45, 2.75) is 44.1 Å². The highest BCUT2D eigenvalue weighted by molar-refractivity contribution is 7.17. The molecule has 4 aliphatic rings. The number of nitrogens with one attached hydrogen (secondary N) is 1. The van der Waals surface area contributed by atoms with Gasteiger partial charge in [0.15, 0.2) is 5.58 Å². The molecule has 3 aromatic rings. The lowest BCUT2D eigenvalue weighted by Crippen LogP contribution is -2.59. The molecule has 28 heavy (non-hydrogen) atoms. The van der Waals surface area contributed by atoms with Crippen LogP contribution in [0.15, 0.2) is 40.2 Å². The van der Waals surface area contributed by atoms with E-state index in [9.17, 15) is 0 Å². The normalized spacial score (nSPS) is 30.9. The summed E-state index contributed by atoms with van der Waals surface area (Å²) in [6.45, 7) is 1.63. The van der Waals surface area contributed by atoms with E-state index in [2.05, 4.69) is 22.6 Å². The Morgan fingerprint density at radius 2 is 1.89 bits per heavy atom. The van der Waals surface area contributed by atoms with Crippen molar-refractivity contribution in [2.75, 3.05) is 13.2 Å². The minimum Gasteiger partial charge on any atom is -0.492 e. The summed E-state index contributed by atoms with van der Waals surface area (Å²) in [5.74, 6) is 3.84. The van der Waals surface area contributed by atoms with Gasteiger partial charge in [0.25, 0.3) is 0 Å². The first kappa shape index (κ1) is 17.0. The van der Waals surface area contributed by atoms with E-state index in [4.69, 9.17) is 9.26 Å². The monoisotopic (exact) mass is 394 g/mol. The van der Waals surface area contributed by atoms with Gasteiger partial charge in [0.05, 0.1) is 0 Å². The molecule has 4 fully saturated rings. The fraction of sp³-hybridized carbons (Fsp3) is 0.522. The van der Waals surface area contributed by atoms with Crippen LogP contribution in [0.2, 0.25) is 0 Å². The molecule has 1 N–H and O–H groups in total.